The van der Waals surface area contributed by atoms with Crippen LogP contribution in [0.4, 0.5) is 0 Å². The summed E-state index contributed by atoms with van der Waals surface area (Å²) < 4.78 is 0. The molecular formula is C20H27N3O2. The zero-order chi connectivity index (χ0) is 17.3. The van der Waals surface area contributed by atoms with Crippen LogP contribution in [0.5, 0.6) is 0 Å². The topological polar surface area (TPSA) is 59.6 Å². The number of aromatic amines is 1. The van der Waals surface area contributed by atoms with E-state index in [2.05, 4.69) is 20.9 Å². The highest BCUT2D eigenvalue weighted by Gasteiger charge is 2.42. The lowest BCUT2D eigenvalue weighted by atomic mass is 9.79. The minimum atomic E-state index is 0.222. The van der Waals surface area contributed by atoms with Gasteiger partial charge in [0.1, 0.15) is 0 Å². The Hall–Kier alpha value is -1.85. The van der Waals surface area contributed by atoms with Crippen molar-refractivity contribution >= 4 is 16.8 Å². The largest absolute Gasteiger partial charge is 0.395 e. The summed E-state index contributed by atoms with van der Waals surface area (Å²) in [6.45, 7) is 4.81. The maximum atomic E-state index is 12.8. The summed E-state index contributed by atoms with van der Waals surface area (Å²) in [5.74, 6) is 0.237. The van der Waals surface area contributed by atoms with Crippen molar-refractivity contribution in [3.8, 4) is 0 Å². The van der Waals surface area contributed by atoms with Gasteiger partial charge in [0, 0.05) is 48.7 Å². The molecule has 0 bridgehead atoms. The Balaban J connectivity index is 1.42. The number of piperidine rings is 1. The number of hydrogen-bond donors (Lipinski definition) is 2. The number of nitrogens with zero attached hydrogens (tertiary/aromatic N) is 2. The van der Waals surface area contributed by atoms with E-state index in [9.17, 15) is 9.90 Å². The second-order valence-electron chi connectivity index (χ2n) is 7.70. The van der Waals surface area contributed by atoms with E-state index in [0.29, 0.717) is 6.42 Å². The number of β-amino-alcohol motifs (C(OH)–C–C–N with tert-alkyl or cyclic N) is 1. The number of amides is 1. The molecule has 2 aromatic rings. The first-order valence-electron chi connectivity index (χ1n) is 9.35. The van der Waals surface area contributed by atoms with Crippen LogP contribution < -0.4 is 0 Å². The fourth-order valence-electron chi connectivity index (χ4n) is 4.68. The zero-order valence-corrected chi connectivity index (χ0v) is 14.7. The summed E-state index contributed by atoms with van der Waals surface area (Å²) in [5.41, 5.74) is 2.42. The first kappa shape index (κ1) is 16.6. The van der Waals surface area contributed by atoms with Crippen molar-refractivity contribution < 1.29 is 9.90 Å². The maximum Gasteiger partial charge on any atom is 0.227 e. The number of hydrogen-bond acceptors (Lipinski definition) is 3. The molecular weight excluding hydrogens is 314 g/mol. The molecule has 1 unspecified atom stereocenters. The number of aliphatic hydroxyl groups excluding tert-OH is 1. The molecule has 134 valence electrons. The molecule has 2 aliphatic rings. The number of carbonyl (C=O) groups is 1. The Kier molecular flexibility index (Phi) is 4.52. The van der Waals surface area contributed by atoms with E-state index in [1.165, 1.54) is 12.8 Å². The van der Waals surface area contributed by atoms with Crippen LogP contribution in [0.3, 0.4) is 0 Å². The highest BCUT2D eigenvalue weighted by atomic mass is 16.3. The average molecular weight is 341 g/mol. The quantitative estimate of drug-likeness (QED) is 0.894. The number of nitrogens with one attached hydrogen (secondary N) is 1. The van der Waals surface area contributed by atoms with Crippen molar-refractivity contribution in [2.45, 2.75) is 25.7 Å². The van der Waals surface area contributed by atoms with Gasteiger partial charge < -0.3 is 19.9 Å². The standard InChI is InChI=1S/C20H27N3O2/c24-11-10-22-8-3-6-20(14-22)7-9-23(15-20)19(25)12-16-13-21-18-5-2-1-4-17(16)18/h1-2,4-5,13,21,24H,3,6-12,14-15H2. The van der Waals surface area contributed by atoms with Crippen LogP contribution in [-0.2, 0) is 11.2 Å². The van der Waals surface area contributed by atoms with Crippen molar-refractivity contribution in [1.29, 1.82) is 0 Å². The molecule has 1 amide bonds. The molecule has 1 spiro atoms. The Morgan fingerprint density at radius 3 is 2.96 bits per heavy atom. The molecule has 25 heavy (non-hydrogen) atoms. The van der Waals surface area contributed by atoms with Gasteiger partial charge in [-0.05, 0) is 37.4 Å². The molecule has 1 aromatic carbocycles. The van der Waals surface area contributed by atoms with Gasteiger partial charge in [-0.2, -0.15) is 0 Å². The summed E-state index contributed by atoms with van der Waals surface area (Å²) in [4.78, 5) is 20.5. The Bertz CT molecular complexity index is 754. The van der Waals surface area contributed by atoms with Gasteiger partial charge in [-0.15, -0.1) is 0 Å². The number of benzene rings is 1. The van der Waals surface area contributed by atoms with E-state index >= 15 is 0 Å². The van der Waals surface area contributed by atoms with Crippen LogP contribution in [0, 0.1) is 5.41 Å². The molecule has 3 heterocycles. The van der Waals surface area contributed by atoms with Gasteiger partial charge in [0.2, 0.25) is 5.91 Å². The van der Waals surface area contributed by atoms with Crippen molar-refractivity contribution in [1.82, 2.24) is 14.8 Å². The molecule has 0 saturated carbocycles. The second kappa shape index (κ2) is 6.81. The highest BCUT2D eigenvalue weighted by Crippen LogP contribution is 2.39. The van der Waals surface area contributed by atoms with Gasteiger partial charge in [0.25, 0.3) is 0 Å². The molecule has 1 atom stereocenters. The zero-order valence-electron chi connectivity index (χ0n) is 14.7. The average Bonchev–Trinajstić information content (AvgIpc) is 3.21. The molecule has 0 radical (unpaired) electrons. The normalized spacial score (nSPS) is 24.4. The number of para-hydroxylation sites is 1. The Labute approximate surface area is 148 Å². The van der Waals surface area contributed by atoms with Gasteiger partial charge in [-0.25, -0.2) is 0 Å². The second-order valence-corrected chi connectivity index (χ2v) is 7.70. The Morgan fingerprint density at radius 2 is 2.08 bits per heavy atom. The molecule has 1 aromatic heterocycles. The van der Waals surface area contributed by atoms with Gasteiger partial charge in [-0.1, -0.05) is 18.2 Å². The number of aromatic nitrogens is 1. The van der Waals surface area contributed by atoms with Gasteiger partial charge >= 0.3 is 0 Å². The number of likely N-dealkylation sites (tertiary alicyclic amines) is 2. The number of fused-ring (bicyclic) bond motifs is 1. The molecule has 0 aliphatic carbocycles. The van der Waals surface area contributed by atoms with Crippen LogP contribution in [0.25, 0.3) is 10.9 Å². The predicted molar refractivity (Wildman–Crippen MR) is 98.4 cm³/mol. The molecule has 2 saturated heterocycles. The first-order valence-corrected chi connectivity index (χ1v) is 9.35. The van der Waals surface area contributed by atoms with E-state index in [1.54, 1.807) is 0 Å². The SMILES string of the molecule is O=C(Cc1c[nH]c2ccccc12)N1CCC2(CCCN(CCO)C2)C1. The lowest BCUT2D eigenvalue weighted by molar-refractivity contribution is -0.130. The summed E-state index contributed by atoms with van der Waals surface area (Å²) in [6, 6.07) is 8.16. The third-order valence-corrected chi connectivity index (χ3v) is 5.96. The molecule has 2 fully saturated rings. The van der Waals surface area contributed by atoms with Gasteiger partial charge in [0.05, 0.1) is 13.0 Å². The van der Waals surface area contributed by atoms with Gasteiger partial charge in [0.15, 0.2) is 0 Å². The first-order chi connectivity index (χ1) is 12.2. The molecule has 5 nitrogen and oxygen atoms in total. The molecule has 2 N–H and O–H groups in total. The monoisotopic (exact) mass is 341 g/mol. The van der Waals surface area contributed by atoms with E-state index < -0.39 is 0 Å². The number of carbonyl (C=O) groups excluding carboxylic acids is 1. The van der Waals surface area contributed by atoms with E-state index in [-0.39, 0.29) is 17.9 Å². The van der Waals surface area contributed by atoms with Crippen molar-refractivity contribution in [3.63, 3.8) is 0 Å². The number of aliphatic hydroxyl groups is 1. The summed E-state index contributed by atoms with van der Waals surface area (Å²) >= 11 is 0. The summed E-state index contributed by atoms with van der Waals surface area (Å²) in [5, 5.41) is 10.4. The predicted octanol–water partition coefficient (Wildman–Crippen LogP) is 2.02. The number of rotatable bonds is 4. The van der Waals surface area contributed by atoms with Crippen molar-refractivity contribution in [3.05, 3.63) is 36.0 Å². The van der Waals surface area contributed by atoms with Crippen LogP contribution in [0.1, 0.15) is 24.8 Å². The highest BCUT2D eigenvalue weighted by molar-refractivity contribution is 5.89. The van der Waals surface area contributed by atoms with Crippen molar-refractivity contribution in [2.75, 3.05) is 39.3 Å². The third kappa shape index (κ3) is 3.31. The minimum absolute atomic E-state index is 0.222. The third-order valence-electron chi connectivity index (χ3n) is 5.96. The fraction of sp³-hybridized carbons (Fsp3) is 0.550. The fourth-order valence-corrected chi connectivity index (χ4v) is 4.68. The van der Waals surface area contributed by atoms with E-state index in [0.717, 1.165) is 55.6 Å². The lowest BCUT2D eigenvalue weighted by Crippen LogP contribution is -2.46. The van der Waals surface area contributed by atoms with E-state index in [4.69, 9.17) is 0 Å². The lowest BCUT2D eigenvalue weighted by Gasteiger charge is -2.40. The smallest absolute Gasteiger partial charge is 0.227 e. The van der Waals surface area contributed by atoms with Crippen molar-refractivity contribution in [2.24, 2.45) is 5.41 Å². The van der Waals surface area contributed by atoms with E-state index in [1.807, 2.05) is 24.4 Å². The Morgan fingerprint density at radius 1 is 1.20 bits per heavy atom. The molecule has 5 heteroatoms. The number of H-pyrrole nitrogens is 1. The summed E-state index contributed by atoms with van der Waals surface area (Å²) in [6.07, 6.45) is 5.91. The van der Waals surface area contributed by atoms with Crippen LogP contribution in [0.2, 0.25) is 0 Å². The van der Waals surface area contributed by atoms with Crippen LogP contribution in [-0.4, -0.2) is 65.1 Å². The maximum absolute atomic E-state index is 12.8. The van der Waals surface area contributed by atoms with Crippen LogP contribution in [0.15, 0.2) is 30.5 Å². The van der Waals surface area contributed by atoms with Crippen LogP contribution >= 0.6 is 0 Å². The van der Waals surface area contributed by atoms with Gasteiger partial charge in [-0.3, -0.25) is 4.79 Å². The summed E-state index contributed by atoms with van der Waals surface area (Å²) in [7, 11) is 0. The molecule has 2 aliphatic heterocycles. The molecule has 4 rings (SSSR count). The minimum Gasteiger partial charge on any atom is -0.395 e.